The van der Waals surface area contributed by atoms with Crippen molar-refractivity contribution in [1.82, 2.24) is 10.6 Å². The van der Waals surface area contributed by atoms with Crippen LogP contribution < -0.4 is 16.0 Å². The van der Waals surface area contributed by atoms with Gasteiger partial charge in [0.25, 0.3) is 5.91 Å². The number of rotatable bonds is 3. The largest absolute Gasteiger partial charge is 0.508 e. The molecule has 0 spiro atoms. The van der Waals surface area contributed by atoms with E-state index in [1.165, 1.54) is 6.07 Å². The molecule has 6 nitrogen and oxygen atoms in total. The molecule has 0 radical (unpaired) electrons. The number of anilines is 1. The van der Waals surface area contributed by atoms with Crippen molar-refractivity contribution in [2.24, 2.45) is 0 Å². The maximum atomic E-state index is 12.9. The predicted octanol–water partition coefficient (Wildman–Crippen LogP) is 3.62. The number of hydrogen-bond acceptors (Lipinski definition) is 3. The number of para-hydroxylation sites is 1. The van der Waals surface area contributed by atoms with Crippen LogP contribution in [0.1, 0.15) is 24.1 Å². The fraction of sp³-hybridized carbons (Fsp3) is 0.158. The molecule has 134 valence electrons. The molecule has 0 bridgehead atoms. The average molecular weight is 372 g/mol. The molecule has 2 aromatic rings. The average Bonchev–Trinajstić information content (AvgIpc) is 2.57. The third-order valence-corrected chi connectivity index (χ3v) is 4.60. The van der Waals surface area contributed by atoms with E-state index in [-0.39, 0.29) is 5.75 Å². The van der Waals surface area contributed by atoms with Gasteiger partial charge in [-0.3, -0.25) is 4.79 Å². The summed E-state index contributed by atoms with van der Waals surface area (Å²) in [4.78, 5) is 24.8. The number of halogens is 1. The van der Waals surface area contributed by atoms with E-state index in [0.29, 0.717) is 27.5 Å². The molecule has 7 heteroatoms. The first kappa shape index (κ1) is 17.8. The number of nitrogens with one attached hydrogen (secondary N) is 3. The van der Waals surface area contributed by atoms with Crippen LogP contribution in [-0.2, 0) is 4.79 Å². The van der Waals surface area contributed by atoms with Crippen LogP contribution in [0, 0.1) is 6.92 Å². The van der Waals surface area contributed by atoms with Crippen LogP contribution in [0.3, 0.4) is 0 Å². The van der Waals surface area contributed by atoms with Crippen molar-refractivity contribution in [3.63, 3.8) is 0 Å². The van der Waals surface area contributed by atoms with Gasteiger partial charge < -0.3 is 21.1 Å². The highest BCUT2D eigenvalue weighted by molar-refractivity contribution is 6.31. The number of urea groups is 1. The van der Waals surface area contributed by atoms with Gasteiger partial charge in [-0.05, 0) is 37.6 Å². The first-order chi connectivity index (χ1) is 12.4. The van der Waals surface area contributed by atoms with E-state index in [1.807, 2.05) is 6.92 Å². The zero-order chi connectivity index (χ0) is 18.8. The van der Waals surface area contributed by atoms with Crippen LogP contribution in [0.15, 0.2) is 53.7 Å². The highest BCUT2D eigenvalue weighted by Crippen LogP contribution is 2.33. The molecule has 0 fully saturated rings. The fourth-order valence-electron chi connectivity index (χ4n) is 2.83. The molecule has 3 rings (SSSR count). The summed E-state index contributed by atoms with van der Waals surface area (Å²) in [6.45, 7) is 3.51. The minimum atomic E-state index is -0.772. The lowest BCUT2D eigenvalue weighted by Crippen LogP contribution is -2.46. The van der Waals surface area contributed by atoms with Gasteiger partial charge in [0.2, 0.25) is 0 Å². The van der Waals surface area contributed by atoms with Crippen LogP contribution in [0.25, 0.3) is 0 Å². The number of amides is 3. The summed E-state index contributed by atoms with van der Waals surface area (Å²) in [7, 11) is 0. The zero-order valence-corrected chi connectivity index (χ0v) is 15.0. The normalized spacial score (nSPS) is 16.7. The van der Waals surface area contributed by atoms with Crippen molar-refractivity contribution < 1.29 is 14.7 Å². The second kappa shape index (κ2) is 7.09. The Morgan fingerprint density at radius 2 is 1.92 bits per heavy atom. The van der Waals surface area contributed by atoms with Crippen molar-refractivity contribution in [3.8, 4) is 5.75 Å². The van der Waals surface area contributed by atoms with Gasteiger partial charge in [-0.1, -0.05) is 35.9 Å². The Morgan fingerprint density at radius 1 is 1.19 bits per heavy atom. The molecule has 4 N–H and O–H groups in total. The lowest BCUT2D eigenvalue weighted by Gasteiger charge is -2.29. The van der Waals surface area contributed by atoms with Crippen LogP contribution in [0.2, 0.25) is 5.02 Å². The third-order valence-electron chi connectivity index (χ3n) is 4.19. The topological polar surface area (TPSA) is 90.5 Å². The Morgan fingerprint density at radius 3 is 2.62 bits per heavy atom. The molecule has 2 aromatic carbocycles. The van der Waals surface area contributed by atoms with Crippen molar-refractivity contribution >= 4 is 29.2 Å². The molecule has 0 saturated heterocycles. The van der Waals surface area contributed by atoms with E-state index in [4.69, 9.17) is 11.6 Å². The maximum Gasteiger partial charge on any atom is 0.319 e. The Hall–Kier alpha value is -2.99. The summed E-state index contributed by atoms with van der Waals surface area (Å²) >= 11 is 6.11. The van der Waals surface area contributed by atoms with Gasteiger partial charge in [-0.15, -0.1) is 0 Å². The highest BCUT2D eigenvalue weighted by atomic mass is 35.5. The molecule has 1 aliphatic heterocycles. The monoisotopic (exact) mass is 371 g/mol. The highest BCUT2D eigenvalue weighted by Gasteiger charge is 2.32. The van der Waals surface area contributed by atoms with E-state index >= 15 is 0 Å². The SMILES string of the molecule is CC1=C(C(=O)Nc2ccc(C)c(Cl)c2)[C@@H](c2ccccc2O)NC(=O)N1. The smallest absolute Gasteiger partial charge is 0.319 e. The maximum absolute atomic E-state index is 12.9. The van der Waals surface area contributed by atoms with E-state index in [9.17, 15) is 14.7 Å². The minimum absolute atomic E-state index is 0.00354. The molecule has 3 amide bonds. The fourth-order valence-corrected chi connectivity index (χ4v) is 3.01. The van der Waals surface area contributed by atoms with Gasteiger partial charge >= 0.3 is 6.03 Å². The lowest BCUT2D eigenvalue weighted by molar-refractivity contribution is -0.113. The van der Waals surface area contributed by atoms with Crippen LogP contribution in [0.4, 0.5) is 10.5 Å². The second-order valence-electron chi connectivity index (χ2n) is 6.05. The first-order valence-electron chi connectivity index (χ1n) is 8.00. The van der Waals surface area contributed by atoms with E-state index in [1.54, 1.807) is 43.3 Å². The van der Waals surface area contributed by atoms with Crippen molar-refractivity contribution in [3.05, 3.63) is 69.9 Å². The van der Waals surface area contributed by atoms with Gasteiger partial charge in [0.1, 0.15) is 5.75 Å². The summed E-state index contributed by atoms with van der Waals surface area (Å²) in [5.41, 5.74) is 2.60. The van der Waals surface area contributed by atoms with Gasteiger partial charge in [0, 0.05) is 22.0 Å². The number of phenolic OH excluding ortho intramolecular Hbond substituents is 1. The minimum Gasteiger partial charge on any atom is -0.508 e. The molecule has 0 aromatic heterocycles. The van der Waals surface area contributed by atoms with Crippen LogP contribution in [-0.4, -0.2) is 17.0 Å². The third kappa shape index (κ3) is 3.50. The van der Waals surface area contributed by atoms with E-state index < -0.39 is 18.0 Å². The number of benzene rings is 2. The Bertz CT molecular complexity index is 924. The number of allylic oxidation sites excluding steroid dienone is 1. The van der Waals surface area contributed by atoms with Crippen LogP contribution in [0.5, 0.6) is 5.75 Å². The standard InChI is InChI=1S/C19H18ClN3O3/c1-10-7-8-12(9-14(10)20)22-18(25)16-11(2)21-19(26)23-17(16)13-5-3-4-6-15(13)24/h3-9,17,24H,1-2H3,(H,22,25)(H2,21,23,26)/t17-/m1/s1. The summed E-state index contributed by atoms with van der Waals surface area (Å²) in [5.74, 6) is -0.403. The number of hydrogen-bond donors (Lipinski definition) is 4. The summed E-state index contributed by atoms with van der Waals surface area (Å²) in [6, 6.07) is 10.6. The Balaban J connectivity index is 1.97. The molecular weight excluding hydrogens is 354 g/mol. The Kier molecular flexibility index (Phi) is 4.86. The molecule has 0 unspecified atom stereocenters. The predicted molar refractivity (Wildman–Crippen MR) is 100 cm³/mol. The number of aromatic hydroxyl groups is 1. The van der Waals surface area contributed by atoms with Crippen molar-refractivity contribution in [2.45, 2.75) is 19.9 Å². The van der Waals surface area contributed by atoms with Gasteiger partial charge in [-0.25, -0.2) is 4.79 Å². The van der Waals surface area contributed by atoms with E-state index in [2.05, 4.69) is 16.0 Å². The molecule has 0 saturated carbocycles. The van der Waals surface area contributed by atoms with Gasteiger partial charge in [0.15, 0.2) is 0 Å². The molecule has 1 aliphatic rings. The number of aryl methyl sites for hydroxylation is 1. The van der Waals surface area contributed by atoms with E-state index in [0.717, 1.165) is 5.56 Å². The molecule has 1 atom stereocenters. The molecule has 0 aliphatic carbocycles. The summed E-state index contributed by atoms with van der Waals surface area (Å²) in [6.07, 6.45) is 0. The lowest BCUT2D eigenvalue weighted by atomic mass is 9.94. The number of carbonyl (C=O) groups excluding carboxylic acids is 2. The second-order valence-corrected chi connectivity index (χ2v) is 6.45. The summed E-state index contributed by atoms with van der Waals surface area (Å²) in [5, 5.41) is 18.8. The van der Waals surface area contributed by atoms with Crippen LogP contribution >= 0.6 is 11.6 Å². The molecule has 1 heterocycles. The number of carbonyl (C=O) groups is 2. The Labute approximate surface area is 155 Å². The van der Waals surface area contributed by atoms with Crippen molar-refractivity contribution in [2.75, 3.05) is 5.32 Å². The zero-order valence-electron chi connectivity index (χ0n) is 14.3. The molecular formula is C19H18ClN3O3. The molecule has 26 heavy (non-hydrogen) atoms. The first-order valence-corrected chi connectivity index (χ1v) is 8.38. The quantitative estimate of drug-likeness (QED) is 0.664. The van der Waals surface area contributed by atoms with Gasteiger partial charge in [-0.2, -0.15) is 0 Å². The van der Waals surface area contributed by atoms with Crippen molar-refractivity contribution in [1.29, 1.82) is 0 Å². The number of phenols is 1. The van der Waals surface area contributed by atoms with Gasteiger partial charge in [0.05, 0.1) is 11.6 Å². The summed E-state index contributed by atoms with van der Waals surface area (Å²) < 4.78 is 0.